The zero-order chi connectivity index (χ0) is 18.1. The van der Waals surface area contributed by atoms with E-state index in [0.29, 0.717) is 0 Å². The third kappa shape index (κ3) is 4.05. The second kappa shape index (κ2) is 6.16. The summed E-state index contributed by atoms with van der Waals surface area (Å²) >= 11 is 0. The number of rotatable bonds is 4. The number of hydrogen-bond donors (Lipinski definition) is 4. The number of aromatic hydroxyl groups is 2. The van der Waals surface area contributed by atoms with Crippen LogP contribution in [0.3, 0.4) is 0 Å². The monoisotopic (exact) mass is 374 g/mol. The van der Waals surface area contributed by atoms with Crippen LogP contribution in [0.5, 0.6) is 11.5 Å². The van der Waals surface area contributed by atoms with Gasteiger partial charge in [0.2, 0.25) is 0 Å². The van der Waals surface area contributed by atoms with E-state index in [9.17, 15) is 27.0 Å². The first-order chi connectivity index (χ1) is 11.0. The Bertz CT molecular complexity index is 946. The van der Waals surface area contributed by atoms with Crippen molar-refractivity contribution in [3.05, 3.63) is 36.4 Å². The Balaban J connectivity index is 2.49. The molecule has 128 valence electrons. The molecule has 0 aromatic heterocycles. The van der Waals surface area contributed by atoms with E-state index in [1.54, 1.807) is 0 Å². The summed E-state index contributed by atoms with van der Waals surface area (Å²) in [5.74, 6) is -0.951. The van der Waals surface area contributed by atoms with Crippen LogP contribution in [-0.4, -0.2) is 36.2 Å². The van der Waals surface area contributed by atoms with Gasteiger partial charge in [-0.2, -0.15) is 16.8 Å². The number of azo groups is 1. The fraction of sp³-hybridized carbons (Fsp3) is 0. The first-order valence-electron chi connectivity index (χ1n) is 6.01. The van der Waals surface area contributed by atoms with Crippen molar-refractivity contribution in [2.75, 3.05) is 0 Å². The number of phenolic OH excluding ortho intramolecular Hbond substituents is 2. The lowest BCUT2D eigenvalue weighted by Crippen LogP contribution is -1.97. The van der Waals surface area contributed by atoms with Crippen molar-refractivity contribution in [2.45, 2.75) is 9.79 Å². The van der Waals surface area contributed by atoms with Crippen LogP contribution in [0.25, 0.3) is 0 Å². The van der Waals surface area contributed by atoms with E-state index < -0.39 is 41.5 Å². The van der Waals surface area contributed by atoms with Gasteiger partial charge in [0.05, 0.1) is 9.79 Å². The molecule has 0 spiro atoms. The van der Waals surface area contributed by atoms with Crippen LogP contribution in [0, 0.1) is 0 Å². The van der Waals surface area contributed by atoms with Crippen LogP contribution in [0.15, 0.2) is 56.4 Å². The molecular weight excluding hydrogens is 364 g/mol. The molecule has 2 aromatic carbocycles. The Morgan fingerprint density at radius 1 is 0.667 bits per heavy atom. The highest BCUT2D eigenvalue weighted by Crippen LogP contribution is 2.34. The van der Waals surface area contributed by atoms with Gasteiger partial charge in [0, 0.05) is 0 Å². The summed E-state index contributed by atoms with van der Waals surface area (Å²) < 4.78 is 62.1. The number of benzene rings is 2. The normalized spacial score (nSPS) is 12.6. The smallest absolute Gasteiger partial charge is 0.294 e. The molecule has 0 aliphatic rings. The molecule has 0 aliphatic heterocycles. The topological polar surface area (TPSA) is 174 Å². The third-order valence-electron chi connectivity index (χ3n) is 2.75. The number of phenols is 2. The molecule has 2 rings (SSSR count). The molecule has 24 heavy (non-hydrogen) atoms. The molecule has 0 radical (unpaired) electrons. The van der Waals surface area contributed by atoms with Gasteiger partial charge in [-0.3, -0.25) is 9.11 Å². The van der Waals surface area contributed by atoms with Crippen LogP contribution in [0.2, 0.25) is 0 Å². The highest BCUT2D eigenvalue weighted by molar-refractivity contribution is 7.86. The molecule has 0 amide bonds. The van der Waals surface area contributed by atoms with Gasteiger partial charge in [0.25, 0.3) is 20.2 Å². The first-order valence-corrected chi connectivity index (χ1v) is 8.89. The molecule has 0 saturated heterocycles. The zero-order valence-corrected chi connectivity index (χ0v) is 13.2. The maximum atomic E-state index is 11.0. The summed E-state index contributed by atoms with van der Waals surface area (Å²) in [4.78, 5) is -1.10. The molecule has 12 heteroatoms. The van der Waals surface area contributed by atoms with E-state index in [0.717, 1.165) is 36.4 Å². The molecule has 10 nitrogen and oxygen atoms in total. The minimum absolute atomic E-state index is 0.359. The summed E-state index contributed by atoms with van der Waals surface area (Å²) in [5.41, 5.74) is -0.719. The van der Waals surface area contributed by atoms with Crippen LogP contribution in [-0.2, 0) is 20.2 Å². The maximum Gasteiger partial charge on any atom is 0.294 e. The maximum absolute atomic E-state index is 11.0. The minimum atomic E-state index is -4.53. The van der Waals surface area contributed by atoms with Crippen molar-refractivity contribution in [1.82, 2.24) is 0 Å². The SMILES string of the molecule is O=S(=O)(O)c1ccc(O)c(N=Nc2cc(S(=O)(=O)O)ccc2O)c1. The van der Waals surface area contributed by atoms with Gasteiger partial charge in [-0.05, 0) is 36.4 Å². The highest BCUT2D eigenvalue weighted by Gasteiger charge is 2.14. The van der Waals surface area contributed by atoms with Gasteiger partial charge in [-0.15, -0.1) is 10.2 Å². The van der Waals surface area contributed by atoms with E-state index >= 15 is 0 Å². The van der Waals surface area contributed by atoms with Gasteiger partial charge < -0.3 is 10.2 Å². The van der Waals surface area contributed by atoms with Crippen LogP contribution in [0.1, 0.15) is 0 Å². The van der Waals surface area contributed by atoms with Crippen molar-refractivity contribution in [3.63, 3.8) is 0 Å². The lowest BCUT2D eigenvalue weighted by atomic mass is 10.3. The van der Waals surface area contributed by atoms with Crippen molar-refractivity contribution in [3.8, 4) is 11.5 Å². The zero-order valence-electron chi connectivity index (χ0n) is 11.6. The molecule has 0 aliphatic carbocycles. The van der Waals surface area contributed by atoms with E-state index in [4.69, 9.17) is 9.11 Å². The van der Waals surface area contributed by atoms with Gasteiger partial charge in [0.1, 0.15) is 22.9 Å². The van der Waals surface area contributed by atoms with Gasteiger partial charge in [0.15, 0.2) is 0 Å². The Hall–Kier alpha value is -2.54. The van der Waals surface area contributed by atoms with Crippen LogP contribution < -0.4 is 0 Å². The molecule has 0 fully saturated rings. The summed E-state index contributed by atoms with van der Waals surface area (Å²) in [6, 6.07) is 5.40. The largest absolute Gasteiger partial charge is 0.506 e. The third-order valence-corrected chi connectivity index (χ3v) is 4.45. The van der Waals surface area contributed by atoms with E-state index in [1.165, 1.54) is 0 Å². The summed E-state index contributed by atoms with van der Waals surface area (Å²) in [5, 5.41) is 26.2. The summed E-state index contributed by atoms with van der Waals surface area (Å²) in [7, 11) is -9.07. The lowest BCUT2D eigenvalue weighted by Gasteiger charge is -2.03. The van der Waals surface area contributed by atoms with Crippen molar-refractivity contribution < 1.29 is 36.2 Å². The second-order valence-corrected chi connectivity index (χ2v) is 7.29. The average molecular weight is 374 g/mol. The molecule has 0 saturated carbocycles. The quantitative estimate of drug-likeness (QED) is 0.464. The Labute approximate surface area is 136 Å². The molecular formula is C12H10N2O8S2. The van der Waals surface area contributed by atoms with Crippen molar-refractivity contribution >= 4 is 31.6 Å². The highest BCUT2D eigenvalue weighted by atomic mass is 32.2. The van der Waals surface area contributed by atoms with Gasteiger partial charge >= 0.3 is 0 Å². The van der Waals surface area contributed by atoms with Crippen LogP contribution in [0.4, 0.5) is 11.4 Å². The van der Waals surface area contributed by atoms with Crippen molar-refractivity contribution in [1.29, 1.82) is 0 Å². The van der Waals surface area contributed by atoms with E-state index in [2.05, 4.69) is 10.2 Å². The Morgan fingerprint density at radius 2 is 1.00 bits per heavy atom. The lowest BCUT2D eigenvalue weighted by molar-refractivity contribution is 0.470. The fourth-order valence-electron chi connectivity index (χ4n) is 1.60. The molecule has 2 aromatic rings. The fourth-order valence-corrected chi connectivity index (χ4v) is 2.60. The summed E-state index contributed by atoms with van der Waals surface area (Å²) in [6.45, 7) is 0. The molecule has 0 bridgehead atoms. The standard InChI is InChI=1S/C12H10N2O8S2/c15-11-3-1-7(23(17,18)19)5-9(11)13-14-10-6-8(24(20,21)22)2-4-12(10)16/h1-6,15-16H,(H,17,18,19)(H,20,21,22). The average Bonchev–Trinajstić information content (AvgIpc) is 2.45. The van der Waals surface area contributed by atoms with Gasteiger partial charge in [-0.25, -0.2) is 0 Å². The van der Waals surface area contributed by atoms with Crippen molar-refractivity contribution in [2.24, 2.45) is 10.2 Å². The molecule has 4 N–H and O–H groups in total. The second-order valence-electron chi connectivity index (χ2n) is 4.45. The Morgan fingerprint density at radius 3 is 1.29 bits per heavy atom. The number of hydrogen-bond acceptors (Lipinski definition) is 8. The first kappa shape index (κ1) is 17.8. The van der Waals surface area contributed by atoms with E-state index in [1.807, 2.05) is 0 Å². The molecule has 0 atom stereocenters. The van der Waals surface area contributed by atoms with Gasteiger partial charge in [-0.1, -0.05) is 0 Å². The molecule has 0 heterocycles. The predicted molar refractivity (Wildman–Crippen MR) is 80.0 cm³/mol. The molecule has 0 unspecified atom stereocenters. The minimum Gasteiger partial charge on any atom is -0.506 e. The summed E-state index contributed by atoms with van der Waals surface area (Å²) in [6.07, 6.45) is 0. The van der Waals surface area contributed by atoms with E-state index in [-0.39, 0.29) is 11.4 Å². The van der Waals surface area contributed by atoms with Crippen LogP contribution >= 0.6 is 0 Å². The predicted octanol–water partition coefficient (Wildman–Crippen LogP) is 2.01. The number of nitrogens with zero attached hydrogens (tertiary/aromatic N) is 2. The Kier molecular flexibility index (Phi) is 4.57.